The van der Waals surface area contributed by atoms with Crippen LogP contribution in [0.25, 0.3) is 0 Å². The van der Waals surface area contributed by atoms with Crippen LogP contribution >= 0.6 is 0 Å². The second-order valence-corrected chi connectivity index (χ2v) is 3.99. The van der Waals surface area contributed by atoms with Crippen LogP contribution in [0.15, 0.2) is 24.3 Å². The first kappa shape index (κ1) is 12.7. The predicted octanol–water partition coefficient (Wildman–Crippen LogP) is 2.36. The van der Waals surface area contributed by atoms with Crippen molar-refractivity contribution in [3.63, 3.8) is 0 Å². The Morgan fingerprint density at radius 3 is 2.38 bits per heavy atom. The molecule has 0 spiro atoms. The van der Waals surface area contributed by atoms with Gasteiger partial charge < -0.3 is 9.64 Å². The van der Waals surface area contributed by atoms with Crippen molar-refractivity contribution in [3.05, 3.63) is 29.8 Å². The molecule has 0 aliphatic carbocycles. The second-order valence-electron chi connectivity index (χ2n) is 3.99. The Balaban J connectivity index is 2.79. The van der Waals surface area contributed by atoms with Crippen molar-refractivity contribution in [1.29, 1.82) is 0 Å². The molecule has 0 unspecified atom stereocenters. The SMILES string of the molecule is COCCN(c1ccc(C=O)cc1)C(C)C. The summed E-state index contributed by atoms with van der Waals surface area (Å²) in [6, 6.07) is 8.03. The van der Waals surface area contributed by atoms with Crippen molar-refractivity contribution in [2.45, 2.75) is 19.9 Å². The molecule has 0 atom stereocenters. The van der Waals surface area contributed by atoms with E-state index >= 15 is 0 Å². The molecule has 0 saturated heterocycles. The van der Waals surface area contributed by atoms with Crippen molar-refractivity contribution < 1.29 is 9.53 Å². The van der Waals surface area contributed by atoms with E-state index in [-0.39, 0.29) is 0 Å². The smallest absolute Gasteiger partial charge is 0.150 e. The number of benzene rings is 1. The number of carbonyl (C=O) groups excluding carboxylic acids is 1. The number of methoxy groups -OCH3 is 1. The molecule has 0 aromatic heterocycles. The summed E-state index contributed by atoms with van der Waals surface area (Å²) in [5.41, 5.74) is 1.83. The van der Waals surface area contributed by atoms with Crippen LogP contribution in [0.2, 0.25) is 0 Å². The number of aldehydes is 1. The molecule has 0 N–H and O–H groups in total. The maximum absolute atomic E-state index is 10.6. The maximum atomic E-state index is 10.6. The van der Waals surface area contributed by atoms with Crippen LogP contribution in [0.3, 0.4) is 0 Å². The van der Waals surface area contributed by atoms with Gasteiger partial charge in [-0.25, -0.2) is 0 Å². The Morgan fingerprint density at radius 1 is 1.31 bits per heavy atom. The summed E-state index contributed by atoms with van der Waals surface area (Å²) in [5, 5.41) is 0. The normalized spacial score (nSPS) is 10.5. The van der Waals surface area contributed by atoms with Gasteiger partial charge in [0.05, 0.1) is 6.61 Å². The average Bonchev–Trinajstić information content (AvgIpc) is 2.30. The molecule has 0 amide bonds. The molecule has 3 heteroatoms. The van der Waals surface area contributed by atoms with E-state index in [2.05, 4.69) is 18.7 Å². The summed E-state index contributed by atoms with van der Waals surface area (Å²) < 4.78 is 5.09. The topological polar surface area (TPSA) is 29.5 Å². The molecule has 0 heterocycles. The predicted molar refractivity (Wildman–Crippen MR) is 66.2 cm³/mol. The number of hydrogen-bond donors (Lipinski definition) is 0. The van der Waals surface area contributed by atoms with Crippen molar-refractivity contribution in [2.75, 3.05) is 25.2 Å². The third kappa shape index (κ3) is 3.35. The number of ether oxygens (including phenoxy) is 1. The zero-order valence-corrected chi connectivity index (χ0v) is 10.1. The number of rotatable bonds is 6. The average molecular weight is 221 g/mol. The monoisotopic (exact) mass is 221 g/mol. The van der Waals surface area contributed by atoms with Crippen molar-refractivity contribution in [2.24, 2.45) is 0 Å². The van der Waals surface area contributed by atoms with Gasteiger partial charge in [-0.2, -0.15) is 0 Å². The van der Waals surface area contributed by atoms with E-state index < -0.39 is 0 Å². The van der Waals surface area contributed by atoms with Crippen LogP contribution in [0.5, 0.6) is 0 Å². The van der Waals surface area contributed by atoms with Gasteiger partial charge in [-0.05, 0) is 38.1 Å². The molecule has 1 rings (SSSR count). The summed E-state index contributed by atoms with van der Waals surface area (Å²) in [4.78, 5) is 12.8. The Kier molecular flexibility index (Phi) is 4.99. The molecule has 1 aromatic rings. The fraction of sp³-hybridized carbons (Fsp3) is 0.462. The first-order chi connectivity index (χ1) is 7.69. The molecule has 0 radical (unpaired) electrons. The standard InChI is InChI=1S/C13H19NO2/c1-11(2)14(8-9-16-3)13-6-4-12(10-15)5-7-13/h4-7,10-11H,8-9H2,1-3H3. The molecule has 16 heavy (non-hydrogen) atoms. The molecule has 88 valence electrons. The summed E-state index contributed by atoms with van der Waals surface area (Å²) in [6.07, 6.45) is 0.860. The molecule has 3 nitrogen and oxygen atoms in total. The minimum atomic E-state index is 0.414. The van der Waals surface area contributed by atoms with Crippen molar-refractivity contribution >= 4 is 12.0 Å². The van der Waals surface area contributed by atoms with Crippen LogP contribution in [-0.4, -0.2) is 32.6 Å². The van der Waals surface area contributed by atoms with Crippen molar-refractivity contribution in [1.82, 2.24) is 0 Å². The third-order valence-corrected chi connectivity index (χ3v) is 2.52. The molecule has 0 aliphatic heterocycles. The first-order valence-electron chi connectivity index (χ1n) is 5.50. The van der Waals surface area contributed by atoms with Gasteiger partial charge in [-0.1, -0.05) is 0 Å². The highest BCUT2D eigenvalue weighted by atomic mass is 16.5. The van der Waals surface area contributed by atoms with E-state index in [4.69, 9.17) is 4.74 Å². The van der Waals surface area contributed by atoms with E-state index in [1.807, 2.05) is 24.3 Å². The minimum Gasteiger partial charge on any atom is -0.383 e. The van der Waals surface area contributed by atoms with E-state index in [1.54, 1.807) is 7.11 Å². The van der Waals surface area contributed by atoms with E-state index in [0.717, 1.165) is 18.5 Å². The zero-order chi connectivity index (χ0) is 12.0. The lowest BCUT2D eigenvalue weighted by molar-refractivity contribution is 0.112. The quantitative estimate of drug-likeness (QED) is 0.691. The van der Waals surface area contributed by atoms with Gasteiger partial charge in [0.15, 0.2) is 0 Å². The van der Waals surface area contributed by atoms with Gasteiger partial charge in [-0.3, -0.25) is 4.79 Å². The molecule has 0 saturated carbocycles. The van der Waals surface area contributed by atoms with E-state index in [1.165, 1.54) is 0 Å². The minimum absolute atomic E-state index is 0.414. The highest BCUT2D eigenvalue weighted by Gasteiger charge is 2.09. The summed E-state index contributed by atoms with van der Waals surface area (Å²) in [6.45, 7) is 5.84. The first-order valence-corrected chi connectivity index (χ1v) is 5.50. The van der Waals surface area contributed by atoms with Gasteiger partial charge in [-0.15, -0.1) is 0 Å². The molecular formula is C13H19NO2. The van der Waals surface area contributed by atoms with E-state index in [0.29, 0.717) is 18.2 Å². The highest BCUT2D eigenvalue weighted by Crippen LogP contribution is 2.17. The summed E-state index contributed by atoms with van der Waals surface area (Å²) in [7, 11) is 1.70. The fourth-order valence-electron chi connectivity index (χ4n) is 1.62. The number of nitrogens with zero attached hydrogens (tertiary/aromatic N) is 1. The molecule has 0 aliphatic rings. The lowest BCUT2D eigenvalue weighted by Gasteiger charge is -2.28. The van der Waals surface area contributed by atoms with Crippen LogP contribution in [-0.2, 0) is 4.74 Å². The highest BCUT2D eigenvalue weighted by molar-refractivity contribution is 5.75. The molecule has 0 fully saturated rings. The lowest BCUT2D eigenvalue weighted by atomic mass is 10.2. The second kappa shape index (κ2) is 6.28. The number of carbonyl (C=O) groups is 1. The molecule has 0 bridgehead atoms. The van der Waals surface area contributed by atoms with Crippen LogP contribution in [0.4, 0.5) is 5.69 Å². The fourth-order valence-corrected chi connectivity index (χ4v) is 1.62. The summed E-state index contributed by atoms with van der Waals surface area (Å²) in [5.74, 6) is 0. The largest absolute Gasteiger partial charge is 0.383 e. The Morgan fingerprint density at radius 2 is 1.94 bits per heavy atom. The lowest BCUT2D eigenvalue weighted by Crippen LogP contribution is -2.33. The third-order valence-electron chi connectivity index (χ3n) is 2.52. The Labute approximate surface area is 97.0 Å². The van der Waals surface area contributed by atoms with Crippen molar-refractivity contribution in [3.8, 4) is 0 Å². The van der Waals surface area contributed by atoms with E-state index in [9.17, 15) is 4.79 Å². The maximum Gasteiger partial charge on any atom is 0.150 e. The van der Waals surface area contributed by atoms with Gasteiger partial charge in [0.25, 0.3) is 0 Å². The molecule has 1 aromatic carbocycles. The van der Waals surface area contributed by atoms with Crippen LogP contribution in [0, 0.1) is 0 Å². The Bertz CT molecular complexity index is 319. The Hall–Kier alpha value is -1.35. The molecular weight excluding hydrogens is 202 g/mol. The van der Waals surface area contributed by atoms with Gasteiger partial charge in [0.1, 0.15) is 6.29 Å². The zero-order valence-electron chi connectivity index (χ0n) is 10.1. The van der Waals surface area contributed by atoms with Crippen LogP contribution < -0.4 is 4.90 Å². The number of anilines is 1. The van der Waals surface area contributed by atoms with Gasteiger partial charge >= 0.3 is 0 Å². The van der Waals surface area contributed by atoms with Crippen LogP contribution in [0.1, 0.15) is 24.2 Å². The summed E-state index contributed by atoms with van der Waals surface area (Å²) >= 11 is 0. The van der Waals surface area contributed by atoms with Gasteiger partial charge in [0.2, 0.25) is 0 Å². The number of hydrogen-bond acceptors (Lipinski definition) is 3. The van der Waals surface area contributed by atoms with Gasteiger partial charge in [0, 0.05) is 30.9 Å².